The van der Waals surface area contributed by atoms with Gasteiger partial charge in [-0.2, -0.15) is 0 Å². The Hall–Kier alpha value is -0.860. The van der Waals surface area contributed by atoms with Crippen molar-refractivity contribution in [3.8, 4) is 0 Å². The summed E-state index contributed by atoms with van der Waals surface area (Å²) in [5.74, 6) is -0.454. The molecule has 0 rings (SSSR count). The number of Topliss-reactive ketones (excluding diaryl/α,β-unsaturated/α-hetero) is 1. The maximum Gasteiger partial charge on any atom is 0.303 e. The average Bonchev–Trinajstić information content (AvgIpc) is 2.62. The smallest absolute Gasteiger partial charge is 0.303 e. The molecule has 0 aromatic rings. The first-order valence-corrected chi connectivity index (χ1v) is 11.4. The first-order valence-electron chi connectivity index (χ1n) is 11.4. The van der Waals surface area contributed by atoms with E-state index in [4.69, 9.17) is 5.11 Å². The Morgan fingerprint density at radius 3 is 1.19 bits per heavy atom. The number of carboxylic acids is 1. The van der Waals surface area contributed by atoms with Gasteiger partial charge in [0.25, 0.3) is 0 Å². The third-order valence-corrected chi connectivity index (χ3v) is 5.16. The quantitative estimate of drug-likeness (QED) is 0.214. The second kappa shape index (κ2) is 20.5. The lowest BCUT2D eigenvalue weighted by molar-refractivity contribution is -0.137. The fraction of sp³-hybridized carbons (Fsp3) is 0.913. The molecule has 154 valence electrons. The van der Waals surface area contributed by atoms with E-state index in [1.807, 2.05) is 0 Å². The van der Waals surface area contributed by atoms with E-state index < -0.39 is 5.97 Å². The van der Waals surface area contributed by atoms with Crippen LogP contribution in [0.15, 0.2) is 0 Å². The van der Waals surface area contributed by atoms with Gasteiger partial charge in [0, 0.05) is 19.3 Å². The van der Waals surface area contributed by atoms with E-state index in [0.717, 1.165) is 12.8 Å². The molecule has 3 nitrogen and oxygen atoms in total. The molecule has 0 aliphatic heterocycles. The van der Waals surface area contributed by atoms with E-state index in [0.29, 0.717) is 25.0 Å². The van der Waals surface area contributed by atoms with Crippen LogP contribution in [0.5, 0.6) is 0 Å². The third-order valence-electron chi connectivity index (χ3n) is 5.16. The van der Waals surface area contributed by atoms with Crippen LogP contribution >= 0.6 is 0 Å². The summed E-state index contributed by atoms with van der Waals surface area (Å²) in [6.07, 6.45) is 22.9. The number of rotatable bonds is 21. The molecule has 3 heteroatoms. The van der Waals surface area contributed by atoms with Gasteiger partial charge in [0.05, 0.1) is 0 Å². The molecule has 0 atom stereocenters. The van der Waals surface area contributed by atoms with Crippen LogP contribution in [-0.2, 0) is 9.59 Å². The molecule has 0 aliphatic carbocycles. The van der Waals surface area contributed by atoms with Gasteiger partial charge >= 0.3 is 5.97 Å². The van der Waals surface area contributed by atoms with E-state index in [1.165, 1.54) is 89.9 Å². The predicted molar refractivity (Wildman–Crippen MR) is 111 cm³/mol. The number of unbranched alkanes of at least 4 members (excludes halogenated alkanes) is 15. The fourth-order valence-electron chi connectivity index (χ4n) is 3.42. The molecular weight excluding hydrogens is 324 g/mol. The summed E-state index contributed by atoms with van der Waals surface area (Å²) >= 11 is 0. The van der Waals surface area contributed by atoms with Crippen molar-refractivity contribution in [1.82, 2.24) is 0 Å². The van der Waals surface area contributed by atoms with Gasteiger partial charge < -0.3 is 5.11 Å². The minimum Gasteiger partial charge on any atom is -0.481 e. The number of carboxylic acid groups (broad SMARTS) is 1. The molecule has 0 amide bonds. The summed E-state index contributed by atoms with van der Waals surface area (Å²) in [7, 11) is 0. The van der Waals surface area contributed by atoms with Crippen molar-refractivity contribution >= 4 is 11.8 Å². The lowest BCUT2D eigenvalue weighted by Gasteiger charge is -2.03. The number of carbonyl (C=O) groups is 2. The zero-order valence-corrected chi connectivity index (χ0v) is 17.4. The Balaban J connectivity index is 3.12. The van der Waals surface area contributed by atoms with Crippen molar-refractivity contribution in [2.45, 2.75) is 135 Å². The Morgan fingerprint density at radius 2 is 0.808 bits per heavy atom. The van der Waals surface area contributed by atoms with Gasteiger partial charge in [-0.3, -0.25) is 9.59 Å². The highest BCUT2D eigenvalue weighted by atomic mass is 16.4. The maximum atomic E-state index is 11.7. The van der Waals surface area contributed by atoms with Crippen molar-refractivity contribution in [1.29, 1.82) is 0 Å². The molecule has 26 heavy (non-hydrogen) atoms. The van der Waals surface area contributed by atoms with E-state index in [-0.39, 0.29) is 6.42 Å². The Kier molecular flexibility index (Phi) is 19.8. The molecule has 0 saturated heterocycles. The van der Waals surface area contributed by atoms with Gasteiger partial charge in [-0.25, -0.2) is 0 Å². The van der Waals surface area contributed by atoms with E-state index in [2.05, 4.69) is 6.92 Å². The van der Waals surface area contributed by atoms with Crippen LogP contribution in [0, 0.1) is 0 Å². The molecule has 0 aliphatic rings. The van der Waals surface area contributed by atoms with Crippen LogP contribution in [0.25, 0.3) is 0 Å². The van der Waals surface area contributed by atoms with E-state index >= 15 is 0 Å². The number of aliphatic carboxylic acids is 1. The third kappa shape index (κ3) is 21.2. The number of hydrogen-bond donors (Lipinski definition) is 1. The van der Waals surface area contributed by atoms with Crippen molar-refractivity contribution in [2.24, 2.45) is 0 Å². The molecule has 0 saturated carbocycles. The first kappa shape index (κ1) is 25.1. The Morgan fingerprint density at radius 1 is 0.500 bits per heavy atom. The maximum absolute atomic E-state index is 11.7. The molecular formula is C23H44O3. The minimum absolute atomic E-state index is 0.187. The van der Waals surface area contributed by atoms with E-state index in [1.54, 1.807) is 0 Å². The van der Waals surface area contributed by atoms with Gasteiger partial charge in [0.15, 0.2) is 0 Å². The van der Waals surface area contributed by atoms with Gasteiger partial charge in [-0.15, -0.1) is 0 Å². The molecule has 0 aromatic heterocycles. The van der Waals surface area contributed by atoms with Crippen LogP contribution in [0.1, 0.15) is 135 Å². The molecule has 0 spiro atoms. The number of hydrogen-bond acceptors (Lipinski definition) is 2. The highest BCUT2D eigenvalue weighted by Crippen LogP contribution is 2.14. The molecule has 0 radical (unpaired) electrons. The molecule has 0 aromatic carbocycles. The summed E-state index contributed by atoms with van der Waals surface area (Å²) in [6, 6.07) is 0. The standard InChI is InChI=1S/C23H44O3/c1-2-3-4-5-6-7-8-9-10-11-12-13-14-15-16-19-22(24)20-17-18-21-23(25)26/h2-21H2,1H3,(H,25,26). The SMILES string of the molecule is CCCCCCCCCCCCCCCCCC(=O)CCCCC(=O)O. The molecule has 0 heterocycles. The molecule has 1 N–H and O–H groups in total. The van der Waals surface area contributed by atoms with Crippen molar-refractivity contribution in [2.75, 3.05) is 0 Å². The summed E-state index contributed by atoms with van der Waals surface area (Å²) in [4.78, 5) is 22.1. The second-order valence-electron chi connectivity index (χ2n) is 7.84. The molecule has 0 unspecified atom stereocenters. The predicted octanol–water partition coefficient (Wildman–Crippen LogP) is 7.46. The van der Waals surface area contributed by atoms with Crippen LogP contribution in [-0.4, -0.2) is 16.9 Å². The lowest BCUT2D eigenvalue weighted by atomic mass is 10.0. The normalized spacial score (nSPS) is 11.0. The van der Waals surface area contributed by atoms with Crippen LogP contribution in [0.3, 0.4) is 0 Å². The van der Waals surface area contributed by atoms with Gasteiger partial charge in [0.1, 0.15) is 5.78 Å². The van der Waals surface area contributed by atoms with Gasteiger partial charge in [-0.05, 0) is 19.3 Å². The summed E-state index contributed by atoms with van der Waals surface area (Å²) in [5, 5.41) is 8.55. The Labute approximate surface area is 162 Å². The van der Waals surface area contributed by atoms with Crippen molar-refractivity contribution in [3.63, 3.8) is 0 Å². The van der Waals surface area contributed by atoms with Crippen molar-refractivity contribution < 1.29 is 14.7 Å². The minimum atomic E-state index is -0.764. The van der Waals surface area contributed by atoms with Crippen LogP contribution < -0.4 is 0 Å². The second-order valence-corrected chi connectivity index (χ2v) is 7.84. The zero-order chi connectivity index (χ0) is 19.3. The van der Waals surface area contributed by atoms with Crippen LogP contribution in [0.4, 0.5) is 0 Å². The first-order chi connectivity index (χ1) is 12.7. The number of ketones is 1. The fourth-order valence-corrected chi connectivity index (χ4v) is 3.42. The monoisotopic (exact) mass is 368 g/mol. The highest BCUT2D eigenvalue weighted by Gasteiger charge is 2.03. The van der Waals surface area contributed by atoms with Crippen molar-refractivity contribution in [3.05, 3.63) is 0 Å². The highest BCUT2D eigenvalue weighted by molar-refractivity contribution is 5.78. The van der Waals surface area contributed by atoms with E-state index in [9.17, 15) is 9.59 Å². The number of carbonyl (C=O) groups excluding carboxylic acids is 1. The zero-order valence-electron chi connectivity index (χ0n) is 17.4. The average molecular weight is 369 g/mol. The molecule has 0 bridgehead atoms. The lowest BCUT2D eigenvalue weighted by Crippen LogP contribution is -1.99. The summed E-state index contributed by atoms with van der Waals surface area (Å²) in [6.45, 7) is 2.27. The largest absolute Gasteiger partial charge is 0.481 e. The molecule has 0 fully saturated rings. The summed E-state index contributed by atoms with van der Waals surface area (Å²) in [5.41, 5.74) is 0. The van der Waals surface area contributed by atoms with Gasteiger partial charge in [-0.1, -0.05) is 96.8 Å². The van der Waals surface area contributed by atoms with Gasteiger partial charge in [0.2, 0.25) is 0 Å². The summed E-state index contributed by atoms with van der Waals surface area (Å²) < 4.78 is 0. The van der Waals surface area contributed by atoms with Crippen LogP contribution in [0.2, 0.25) is 0 Å². The Bertz CT molecular complexity index is 325. The topological polar surface area (TPSA) is 54.4 Å².